The van der Waals surface area contributed by atoms with E-state index >= 15 is 0 Å². The Morgan fingerprint density at radius 1 is 1.06 bits per heavy atom. The van der Waals surface area contributed by atoms with Gasteiger partial charge in [0.15, 0.2) is 11.4 Å². The summed E-state index contributed by atoms with van der Waals surface area (Å²) in [5.41, 5.74) is -5.65. The Hall–Kier alpha value is -3.32. The van der Waals surface area contributed by atoms with Crippen LogP contribution >= 0.6 is 39.3 Å². The van der Waals surface area contributed by atoms with Crippen LogP contribution in [-0.4, -0.2) is 57.3 Å². The number of hydrogen-bond acceptors (Lipinski definition) is 8. The molecule has 1 aliphatic heterocycles. The largest absolute Gasteiger partial charge is 0.465 e. The summed E-state index contributed by atoms with van der Waals surface area (Å²) in [6, 6.07) is 1.86. The summed E-state index contributed by atoms with van der Waals surface area (Å²) in [4.78, 5) is 31.4. The van der Waals surface area contributed by atoms with Crippen LogP contribution in [0.2, 0.25) is 5.02 Å². The van der Waals surface area contributed by atoms with Crippen LogP contribution in [0.3, 0.4) is 0 Å². The lowest BCUT2D eigenvalue weighted by Gasteiger charge is -2.22. The molecule has 4 rings (SSSR count). The third-order valence-electron chi connectivity index (χ3n) is 6.74. The summed E-state index contributed by atoms with van der Waals surface area (Å²) in [5, 5.41) is 3.56. The third-order valence-corrected chi connectivity index (χ3v) is 8.79. The highest BCUT2D eigenvalue weighted by molar-refractivity contribution is 9.10. The number of aryl methyl sites for hydroxylation is 1. The Balaban J connectivity index is 0.000000276. The molecule has 0 spiro atoms. The molecule has 3 heterocycles. The molecule has 0 atom stereocenters. The van der Waals surface area contributed by atoms with Gasteiger partial charge in [0.05, 0.1) is 33.8 Å². The van der Waals surface area contributed by atoms with Crippen LogP contribution in [0, 0.1) is 11.7 Å². The summed E-state index contributed by atoms with van der Waals surface area (Å²) in [6.45, 7) is 6.96. The average Bonchev–Trinajstić information content (AvgIpc) is 3.62. The lowest BCUT2D eigenvalue weighted by molar-refractivity contribution is -0.144. The molecular weight excluding hydrogens is 811 g/mol. The molecular formula is C31H29BrClF9N4O4S. The number of carbonyl (C=O) groups is 2. The summed E-state index contributed by atoms with van der Waals surface area (Å²) < 4.78 is 131. The first-order valence-electron chi connectivity index (χ1n) is 14.7. The van der Waals surface area contributed by atoms with Crippen molar-refractivity contribution in [1.82, 2.24) is 14.8 Å². The number of ether oxygens (including phenoxy) is 2. The number of pyridine rings is 1. The van der Waals surface area contributed by atoms with Crippen molar-refractivity contribution in [2.45, 2.75) is 59.0 Å². The number of aromatic nitrogens is 3. The van der Waals surface area contributed by atoms with E-state index in [4.69, 9.17) is 16.3 Å². The van der Waals surface area contributed by atoms with Crippen molar-refractivity contribution in [2.24, 2.45) is 18.0 Å². The summed E-state index contributed by atoms with van der Waals surface area (Å²) in [6.07, 6.45) is -13.5. The number of alkyl halides is 8. The zero-order valence-electron chi connectivity index (χ0n) is 27.5. The number of thioether (sulfide) groups is 1. The molecule has 2 aromatic heterocycles. The molecule has 1 aliphatic rings. The van der Waals surface area contributed by atoms with Crippen LogP contribution < -0.4 is 0 Å². The molecule has 0 saturated heterocycles. The van der Waals surface area contributed by atoms with Gasteiger partial charge in [-0.15, -0.1) is 11.8 Å². The third kappa shape index (κ3) is 9.77. The highest BCUT2D eigenvalue weighted by Crippen LogP contribution is 2.42. The standard InChI is InChI=1S/C16H17F5N2O2S.C15H12BrClF4N2O2/c1-7(2)6-8-9(15(24)25-3)11(13(17)18)23-12(16(19,20)21)10(8)14-22-4-5-26-14;1-6(2)25-14(24)7-4-8(10(18)5-9(7)17)12-11(16)13(15(19,20)21)23(3)22-12/h7,13H,4-6H2,1-3H3;4-6H,1-3H3. The first-order valence-corrected chi connectivity index (χ1v) is 16.8. The Bertz CT molecular complexity index is 1830. The molecule has 0 aliphatic carbocycles. The highest BCUT2D eigenvalue weighted by Gasteiger charge is 2.43. The molecule has 0 amide bonds. The Morgan fingerprint density at radius 3 is 2.14 bits per heavy atom. The van der Waals surface area contributed by atoms with Crippen molar-refractivity contribution in [2.75, 3.05) is 19.4 Å². The molecule has 20 heteroatoms. The zero-order chi connectivity index (χ0) is 38.7. The van der Waals surface area contributed by atoms with Crippen LogP contribution in [0.1, 0.15) is 83.0 Å². The minimum absolute atomic E-state index is 0.0231. The number of rotatable bonds is 8. The Kier molecular flexibility index (Phi) is 13.7. The first kappa shape index (κ1) is 42.1. The van der Waals surface area contributed by atoms with Crippen molar-refractivity contribution in [3.8, 4) is 11.3 Å². The van der Waals surface area contributed by atoms with Gasteiger partial charge in [-0.3, -0.25) is 9.67 Å². The minimum Gasteiger partial charge on any atom is -0.465 e. The molecule has 0 unspecified atom stereocenters. The topological polar surface area (TPSA) is 95.7 Å². The van der Waals surface area contributed by atoms with Crippen molar-refractivity contribution in [1.29, 1.82) is 0 Å². The normalized spacial score (nSPS) is 13.5. The molecule has 280 valence electrons. The predicted molar refractivity (Wildman–Crippen MR) is 175 cm³/mol. The van der Waals surface area contributed by atoms with Gasteiger partial charge in [-0.25, -0.2) is 27.7 Å². The second-order valence-electron chi connectivity index (χ2n) is 11.4. The van der Waals surface area contributed by atoms with E-state index in [9.17, 15) is 49.1 Å². The van der Waals surface area contributed by atoms with Gasteiger partial charge >= 0.3 is 24.3 Å². The number of aliphatic imine (C=N–C) groups is 1. The van der Waals surface area contributed by atoms with Crippen molar-refractivity contribution < 1.29 is 58.6 Å². The van der Waals surface area contributed by atoms with E-state index in [0.717, 1.165) is 38.1 Å². The van der Waals surface area contributed by atoms with E-state index in [-0.39, 0.29) is 44.8 Å². The summed E-state index contributed by atoms with van der Waals surface area (Å²) in [7, 11) is 2.06. The van der Waals surface area contributed by atoms with Crippen LogP contribution in [0.25, 0.3) is 11.3 Å². The number of benzene rings is 1. The van der Waals surface area contributed by atoms with Crippen LogP contribution in [0.15, 0.2) is 21.6 Å². The molecule has 0 fully saturated rings. The average molecular weight is 840 g/mol. The first-order chi connectivity index (χ1) is 23.5. The van der Waals surface area contributed by atoms with E-state index in [2.05, 4.69) is 35.7 Å². The van der Waals surface area contributed by atoms with Gasteiger partial charge in [-0.05, 0) is 59.8 Å². The molecule has 8 nitrogen and oxygen atoms in total. The lowest BCUT2D eigenvalue weighted by atomic mass is 9.91. The SMILES string of the molecule is CC(C)OC(=O)c1cc(-c2nn(C)c(C(F)(F)F)c2Br)c(F)cc1Cl.COC(=O)c1c(C(F)F)nc(C(F)(F)F)c(C2=NCCS2)c1CC(C)C. The molecule has 3 aromatic rings. The number of esters is 2. The molecule has 51 heavy (non-hydrogen) atoms. The molecule has 0 bridgehead atoms. The van der Waals surface area contributed by atoms with Crippen molar-refractivity contribution in [3.05, 3.63) is 66.8 Å². The Labute approximate surface area is 303 Å². The number of carbonyl (C=O) groups excluding carboxylic acids is 2. The fourth-order valence-electron chi connectivity index (χ4n) is 4.82. The van der Waals surface area contributed by atoms with E-state index in [1.165, 1.54) is 0 Å². The fourth-order valence-corrected chi connectivity index (χ4v) is 6.74. The van der Waals surface area contributed by atoms with Gasteiger partial charge < -0.3 is 9.47 Å². The van der Waals surface area contributed by atoms with Gasteiger partial charge in [-0.1, -0.05) is 25.4 Å². The lowest BCUT2D eigenvalue weighted by Crippen LogP contribution is -2.24. The van der Waals surface area contributed by atoms with E-state index in [1.54, 1.807) is 27.7 Å². The van der Waals surface area contributed by atoms with E-state index < -0.39 is 75.3 Å². The summed E-state index contributed by atoms with van der Waals surface area (Å²) in [5.74, 6) is -2.60. The minimum atomic E-state index is -4.97. The number of nitrogens with zero attached hydrogens (tertiary/aromatic N) is 4. The number of halogens is 11. The molecule has 0 N–H and O–H groups in total. The monoisotopic (exact) mass is 838 g/mol. The van der Waals surface area contributed by atoms with Gasteiger partial charge in [0.2, 0.25) is 0 Å². The summed E-state index contributed by atoms with van der Waals surface area (Å²) >= 11 is 9.75. The zero-order valence-corrected chi connectivity index (χ0v) is 30.7. The molecule has 0 saturated carbocycles. The molecule has 0 radical (unpaired) electrons. The fraction of sp³-hybridized carbons (Fsp3) is 0.452. The van der Waals surface area contributed by atoms with Crippen molar-refractivity contribution >= 4 is 56.3 Å². The van der Waals surface area contributed by atoms with E-state index in [1.807, 2.05) is 0 Å². The van der Waals surface area contributed by atoms with Crippen molar-refractivity contribution in [3.63, 3.8) is 0 Å². The number of hydrogen-bond donors (Lipinski definition) is 0. The maximum absolute atomic E-state index is 14.3. The predicted octanol–water partition coefficient (Wildman–Crippen LogP) is 9.74. The van der Waals surface area contributed by atoms with Crippen LogP contribution in [0.5, 0.6) is 0 Å². The van der Waals surface area contributed by atoms with Gasteiger partial charge in [0, 0.05) is 30.5 Å². The van der Waals surface area contributed by atoms with Gasteiger partial charge in [0.1, 0.15) is 22.2 Å². The maximum Gasteiger partial charge on any atom is 0.434 e. The second kappa shape index (κ2) is 16.6. The smallest absolute Gasteiger partial charge is 0.434 e. The second-order valence-corrected chi connectivity index (χ2v) is 13.7. The van der Waals surface area contributed by atoms with Gasteiger partial charge in [-0.2, -0.15) is 31.4 Å². The van der Waals surface area contributed by atoms with E-state index in [0.29, 0.717) is 17.0 Å². The quantitative estimate of drug-likeness (QED) is 0.165. The van der Waals surface area contributed by atoms with Crippen LogP contribution in [0.4, 0.5) is 39.5 Å². The molecule has 1 aromatic carbocycles. The van der Waals surface area contributed by atoms with Crippen LogP contribution in [-0.2, 0) is 35.3 Å². The number of methoxy groups -OCH3 is 1. The maximum atomic E-state index is 14.3. The Morgan fingerprint density at radius 2 is 1.69 bits per heavy atom. The van der Waals surface area contributed by atoms with Gasteiger partial charge in [0.25, 0.3) is 6.43 Å². The highest BCUT2D eigenvalue weighted by atomic mass is 79.9.